The number of nitrogens with zero attached hydrogens (tertiary/aromatic N) is 2. The van der Waals surface area contributed by atoms with Gasteiger partial charge in [-0.15, -0.1) is 11.3 Å². The number of aliphatic hydroxyl groups excluding tert-OH is 1. The molecule has 0 amide bonds. The van der Waals surface area contributed by atoms with Gasteiger partial charge in [-0.1, -0.05) is 11.6 Å². The molecule has 2 aromatic rings. The number of rotatable bonds is 3. The first-order valence-electron chi connectivity index (χ1n) is 5.15. The third-order valence-corrected chi connectivity index (χ3v) is 3.94. The van der Waals surface area contributed by atoms with Gasteiger partial charge in [0.05, 0.1) is 11.5 Å². The molecule has 0 bridgehead atoms. The second-order valence-corrected chi connectivity index (χ2v) is 5.27. The molecule has 1 aromatic carbocycles. The molecule has 5 heteroatoms. The Balaban J connectivity index is 2.33. The smallest absolute Gasteiger partial charge is 0.146 e. The topological polar surface area (TPSA) is 36.4 Å². The summed E-state index contributed by atoms with van der Waals surface area (Å²) in [4.78, 5) is 6.98. The van der Waals surface area contributed by atoms with E-state index in [1.807, 2.05) is 43.3 Å². The normalized spacial score (nSPS) is 10.6. The highest BCUT2D eigenvalue weighted by Crippen LogP contribution is 2.31. The van der Waals surface area contributed by atoms with Gasteiger partial charge in [0.15, 0.2) is 0 Å². The number of halogens is 1. The fourth-order valence-electron chi connectivity index (χ4n) is 1.46. The van der Waals surface area contributed by atoms with Crippen molar-refractivity contribution in [2.45, 2.75) is 6.61 Å². The molecular formula is C12H13ClN2OS. The van der Waals surface area contributed by atoms with E-state index in [9.17, 15) is 0 Å². The van der Waals surface area contributed by atoms with Gasteiger partial charge in [0, 0.05) is 25.3 Å². The monoisotopic (exact) mass is 268 g/mol. The molecule has 0 radical (unpaired) electrons. The standard InChI is InChI=1S/C12H13ClN2OS/c1-15(2)9-5-3-8(4-6-9)12-14-11(13)10(7-16)17-12/h3-6,16H,7H2,1-2H3. The Bertz CT molecular complexity index is 508. The summed E-state index contributed by atoms with van der Waals surface area (Å²) >= 11 is 7.33. The highest BCUT2D eigenvalue weighted by Gasteiger charge is 2.10. The minimum atomic E-state index is -0.0632. The highest BCUT2D eigenvalue weighted by atomic mass is 35.5. The molecule has 0 unspecified atom stereocenters. The van der Waals surface area contributed by atoms with Gasteiger partial charge in [-0.3, -0.25) is 0 Å². The van der Waals surface area contributed by atoms with E-state index in [2.05, 4.69) is 4.98 Å². The van der Waals surface area contributed by atoms with E-state index < -0.39 is 0 Å². The van der Waals surface area contributed by atoms with Crippen molar-refractivity contribution in [1.29, 1.82) is 0 Å². The third kappa shape index (κ3) is 2.60. The number of aliphatic hydroxyl groups is 1. The minimum absolute atomic E-state index is 0.0632. The van der Waals surface area contributed by atoms with Crippen LogP contribution in [0.4, 0.5) is 5.69 Å². The van der Waals surface area contributed by atoms with Gasteiger partial charge in [-0.05, 0) is 24.3 Å². The Kier molecular flexibility index (Phi) is 3.66. The summed E-state index contributed by atoms with van der Waals surface area (Å²) in [5, 5.41) is 10.3. The molecule has 1 aromatic heterocycles. The molecule has 0 spiro atoms. The molecule has 1 heterocycles. The van der Waals surface area contributed by atoms with Crippen molar-refractivity contribution in [3.63, 3.8) is 0 Å². The average molecular weight is 269 g/mol. The van der Waals surface area contributed by atoms with E-state index in [0.29, 0.717) is 10.0 Å². The molecule has 2 rings (SSSR count). The number of thiazole rings is 1. The van der Waals surface area contributed by atoms with Crippen LogP contribution in [0.1, 0.15) is 4.88 Å². The molecule has 90 valence electrons. The fraction of sp³-hybridized carbons (Fsp3) is 0.250. The van der Waals surface area contributed by atoms with Crippen molar-refractivity contribution in [2.75, 3.05) is 19.0 Å². The van der Waals surface area contributed by atoms with E-state index in [4.69, 9.17) is 16.7 Å². The Morgan fingerprint density at radius 2 is 1.94 bits per heavy atom. The van der Waals surface area contributed by atoms with Crippen LogP contribution in [0, 0.1) is 0 Å². The summed E-state index contributed by atoms with van der Waals surface area (Å²) in [6, 6.07) is 8.07. The second kappa shape index (κ2) is 5.04. The molecule has 0 aliphatic rings. The highest BCUT2D eigenvalue weighted by molar-refractivity contribution is 7.15. The van der Waals surface area contributed by atoms with Crippen LogP contribution in [0.3, 0.4) is 0 Å². The Hall–Kier alpha value is -1.10. The molecule has 0 atom stereocenters. The van der Waals surface area contributed by atoms with Crippen molar-refractivity contribution < 1.29 is 5.11 Å². The molecule has 0 saturated carbocycles. The Morgan fingerprint density at radius 3 is 2.41 bits per heavy atom. The van der Waals surface area contributed by atoms with Crippen LogP contribution in [-0.2, 0) is 6.61 Å². The first-order chi connectivity index (χ1) is 8.11. The molecule has 3 nitrogen and oxygen atoms in total. The largest absolute Gasteiger partial charge is 0.391 e. The molecule has 0 fully saturated rings. The predicted molar refractivity (Wildman–Crippen MR) is 72.8 cm³/mol. The van der Waals surface area contributed by atoms with Gasteiger partial charge in [0.2, 0.25) is 0 Å². The maximum Gasteiger partial charge on any atom is 0.146 e. The molecule has 0 saturated heterocycles. The summed E-state index contributed by atoms with van der Waals surface area (Å²) in [6.45, 7) is -0.0632. The first kappa shape index (κ1) is 12.4. The lowest BCUT2D eigenvalue weighted by atomic mass is 10.2. The maximum absolute atomic E-state index is 9.07. The van der Waals surface area contributed by atoms with Crippen LogP contribution >= 0.6 is 22.9 Å². The third-order valence-electron chi connectivity index (χ3n) is 2.42. The van der Waals surface area contributed by atoms with E-state index >= 15 is 0 Å². The quantitative estimate of drug-likeness (QED) is 0.930. The average Bonchev–Trinajstić information content (AvgIpc) is 2.70. The van der Waals surface area contributed by atoms with Crippen LogP contribution < -0.4 is 4.90 Å². The lowest BCUT2D eigenvalue weighted by Crippen LogP contribution is -2.07. The summed E-state index contributed by atoms with van der Waals surface area (Å²) in [5.41, 5.74) is 2.15. The number of hydrogen-bond donors (Lipinski definition) is 1. The number of hydrogen-bond acceptors (Lipinski definition) is 4. The zero-order chi connectivity index (χ0) is 12.4. The first-order valence-corrected chi connectivity index (χ1v) is 6.35. The summed E-state index contributed by atoms with van der Waals surface area (Å²) in [7, 11) is 4.00. The molecule has 0 aliphatic carbocycles. The second-order valence-electron chi connectivity index (χ2n) is 3.83. The Labute approximate surface area is 109 Å². The zero-order valence-corrected chi connectivity index (χ0v) is 11.2. The SMILES string of the molecule is CN(C)c1ccc(-c2nc(Cl)c(CO)s2)cc1. The summed E-state index contributed by atoms with van der Waals surface area (Å²) in [6.07, 6.45) is 0. The molecular weight excluding hydrogens is 256 g/mol. The van der Waals surface area contributed by atoms with Crippen molar-refractivity contribution in [2.24, 2.45) is 0 Å². The summed E-state index contributed by atoms with van der Waals surface area (Å²) in [5.74, 6) is 0. The van der Waals surface area contributed by atoms with Gasteiger partial charge in [0.25, 0.3) is 0 Å². The zero-order valence-electron chi connectivity index (χ0n) is 9.64. The van der Waals surface area contributed by atoms with E-state index in [-0.39, 0.29) is 6.61 Å². The van der Waals surface area contributed by atoms with Gasteiger partial charge < -0.3 is 10.0 Å². The molecule has 17 heavy (non-hydrogen) atoms. The van der Waals surface area contributed by atoms with Crippen LogP contribution in [0.25, 0.3) is 10.6 Å². The van der Waals surface area contributed by atoms with Crippen LogP contribution in [-0.4, -0.2) is 24.2 Å². The van der Waals surface area contributed by atoms with E-state index in [0.717, 1.165) is 16.3 Å². The molecule has 1 N–H and O–H groups in total. The lowest BCUT2D eigenvalue weighted by molar-refractivity contribution is 0.285. The van der Waals surface area contributed by atoms with Crippen LogP contribution in [0.2, 0.25) is 5.15 Å². The minimum Gasteiger partial charge on any atom is -0.391 e. The van der Waals surface area contributed by atoms with Gasteiger partial charge >= 0.3 is 0 Å². The van der Waals surface area contributed by atoms with Crippen molar-refractivity contribution in [3.8, 4) is 10.6 Å². The fourth-order valence-corrected chi connectivity index (χ4v) is 2.59. The van der Waals surface area contributed by atoms with Gasteiger partial charge in [-0.25, -0.2) is 4.98 Å². The van der Waals surface area contributed by atoms with Gasteiger partial charge in [0.1, 0.15) is 10.2 Å². The van der Waals surface area contributed by atoms with Gasteiger partial charge in [-0.2, -0.15) is 0 Å². The van der Waals surface area contributed by atoms with Crippen molar-refractivity contribution in [3.05, 3.63) is 34.3 Å². The summed E-state index contributed by atoms with van der Waals surface area (Å²) < 4.78 is 0. The maximum atomic E-state index is 9.07. The van der Waals surface area contributed by atoms with E-state index in [1.165, 1.54) is 11.3 Å². The van der Waals surface area contributed by atoms with Crippen molar-refractivity contribution >= 4 is 28.6 Å². The Morgan fingerprint density at radius 1 is 1.29 bits per heavy atom. The van der Waals surface area contributed by atoms with Crippen molar-refractivity contribution in [1.82, 2.24) is 4.98 Å². The lowest BCUT2D eigenvalue weighted by Gasteiger charge is -2.11. The van der Waals surface area contributed by atoms with E-state index in [1.54, 1.807) is 0 Å². The van der Waals surface area contributed by atoms with Crippen LogP contribution in [0.5, 0.6) is 0 Å². The van der Waals surface area contributed by atoms with Crippen LogP contribution in [0.15, 0.2) is 24.3 Å². The molecule has 0 aliphatic heterocycles. The number of anilines is 1. The number of aromatic nitrogens is 1. The number of benzene rings is 1. The predicted octanol–water partition coefficient (Wildman–Crippen LogP) is 3.02.